The highest BCUT2D eigenvalue weighted by atomic mass is 32.1. The minimum absolute atomic E-state index is 0.0934. The van der Waals surface area contributed by atoms with Gasteiger partial charge in [0, 0.05) is 18.5 Å². The molecule has 0 N–H and O–H groups in total. The number of aromatic nitrogens is 3. The first kappa shape index (κ1) is 13.6. The monoisotopic (exact) mass is 304 g/mol. The van der Waals surface area contributed by atoms with Gasteiger partial charge in [-0.3, -0.25) is 0 Å². The average Bonchev–Trinajstić information content (AvgIpc) is 3.09. The second kappa shape index (κ2) is 4.70. The van der Waals surface area contributed by atoms with Crippen molar-refractivity contribution in [1.29, 1.82) is 0 Å². The summed E-state index contributed by atoms with van der Waals surface area (Å²) in [6, 6.07) is 0. The summed E-state index contributed by atoms with van der Waals surface area (Å²) in [6.07, 6.45) is 7.77. The maximum atomic E-state index is 4.79. The lowest BCUT2D eigenvalue weighted by atomic mass is 9.82. The van der Waals surface area contributed by atoms with Crippen LogP contribution in [0.1, 0.15) is 52.1 Å². The van der Waals surface area contributed by atoms with Crippen molar-refractivity contribution in [1.82, 2.24) is 14.6 Å². The summed E-state index contributed by atoms with van der Waals surface area (Å²) >= 11 is 1.74. The van der Waals surface area contributed by atoms with E-state index in [1.54, 1.807) is 11.3 Å². The van der Waals surface area contributed by atoms with Crippen LogP contribution in [0.3, 0.4) is 0 Å². The highest BCUT2D eigenvalue weighted by molar-refractivity contribution is 7.20. The molecule has 0 aromatic carbocycles. The van der Waals surface area contributed by atoms with Gasteiger partial charge in [-0.1, -0.05) is 44.9 Å². The minimum Gasteiger partial charge on any atom is -0.346 e. The Morgan fingerprint density at radius 2 is 1.81 bits per heavy atom. The standard InChI is InChI=1S/C16H24N4S/c1-16(2,3)13-10-20-14(17-13)21-15(18-20)19-8-11-6-4-5-7-12(11)9-19/h10-12H,4-9H2,1-3H3. The summed E-state index contributed by atoms with van der Waals surface area (Å²) < 4.78 is 1.97. The molecule has 1 aliphatic carbocycles. The molecule has 5 heteroatoms. The molecule has 2 aromatic rings. The summed E-state index contributed by atoms with van der Waals surface area (Å²) in [6.45, 7) is 9.00. The summed E-state index contributed by atoms with van der Waals surface area (Å²) in [4.78, 5) is 8.29. The zero-order chi connectivity index (χ0) is 14.6. The van der Waals surface area contributed by atoms with Crippen LogP contribution in [0.25, 0.3) is 4.96 Å². The van der Waals surface area contributed by atoms with Crippen molar-refractivity contribution in [2.45, 2.75) is 51.9 Å². The fourth-order valence-electron chi connectivity index (χ4n) is 3.74. The van der Waals surface area contributed by atoms with Gasteiger partial charge in [0.15, 0.2) is 0 Å². The largest absolute Gasteiger partial charge is 0.346 e. The minimum atomic E-state index is 0.0934. The van der Waals surface area contributed by atoms with E-state index in [1.165, 1.54) is 38.8 Å². The molecule has 2 unspecified atom stereocenters. The van der Waals surface area contributed by atoms with Gasteiger partial charge < -0.3 is 4.90 Å². The molecule has 1 saturated carbocycles. The fraction of sp³-hybridized carbons (Fsp3) is 0.750. The molecule has 4 nitrogen and oxygen atoms in total. The first-order valence-corrected chi connectivity index (χ1v) is 8.94. The summed E-state index contributed by atoms with van der Waals surface area (Å²) in [7, 11) is 0. The highest BCUT2D eigenvalue weighted by Gasteiger charge is 2.35. The van der Waals surface area contributed by atoms with Crippen LogP contribution in [-0.4, -0.2) is 27.7 Å². The lowest BCUT2D eigenvalue weighted by Crippen LogP contribution is -2.19. The van der Waals surface area contributed by atoms with Crippen molar-refractivity contribution >= 4 is 21.4 Å². The van der Waals surface area contributed by atoms with Crippen molar-refractivity contribution in [2.24, 2.45) is 11.8 Å². The Hall–Kier alpha value is -1.10. The van der Waals surface area contributed by atoms with E-state index in [0.717, 1.165) is 27.6 Å². The van der Waals surface area contributed by atoms with Gasteiger partial charge in [0.05, 0.1) is 11.9 Å². The van der Waals surface area contributed by atoms with Crippen LogP contribution in [0.5, 0.6) is 0 Å². The molecule has 1 saturated heterocycles. The van der Waals surface area contributed by atoms with Gasteiger partial charge in [0.1, 0.15) is 0 Å². The van der Waals surface area contributed by atoms with Gasteiger partial charge in [-0.05, 0) is 24.7 Å². The Morgan fingerprint density at radius 1 is 1.14 bits per heavy atom. The number of anilines is 1. The van der Waals surface area contributed by atoms with E-state index in [2.05, 4.69) is 31.9 Å². The molecule has 114 valence electrons. The van der Waals surface area contributed by atoms with Crippen LogP contribution in [0.2, 0.25) is 0 Å². The first-order valence-electron chi connectivity index (χ1n) is 8.12. The van der Waals surface area contributed by atoms with Gasteiger partial charge in [-0.15, -0.1) is 5.10 Å². The van der Waals surface area contributed by atoms with Crippen molar-refractivity contribution in [3.8, 4) is 0 Å². The van der Waals surface area contributed by atoms with E-state index in [-0.39, 0.29) is 5.41 Å². The number of fused-ring (bicyclic) bond motifs is 2. The third-order valence-corrected chi connectivity index (χ3v) is 6.03. The lowest BCUT2D eigenvalue weighted by molar-refractivity contribution is 0.299. The molecule has 2 atom stereocenters. The molecule has 0 radical (unpaired) electrons. The second-order valence-corrected chi connectivity index (χ2v) is 8.63. The number of nitrogens with zero attached hydrogens (tertiary/aromatic N) is 4. The normalized spacial score (nSPS) is 26.5. The maximum absolute atomic E-state index is 4.79. The quantitative estimate of drug-likeness (QED) is 0.805. The van der Waals surface area contributed by atoms with Crippen LogP contribution >= 0.6 is 11.3 Å². The predicted octanol–water partition coefficient (Wildman–Crippen LogP) is 3.71. The van der Waals surface area contributed by atoms with E-state index in [4.69, 9.17) is 10.1 Å². The zero-order valence-corrected chi connectivity index (χ0v) is 14.0. The van der Waals surface area contributed by atoms with Crippen molar-refractivity contribution in [2.75, 3.05) is 18.0 Å². The summed E-state index contributed by atoms with van der Waals surface area (Å²) in [5.74, 6) is 1.81. The SMILES string of the molecule is CC(C)(C)c1cn2nc(N3CC4CCCCC4C3)sc2n1. The van der Waals surface area contributed by atoms with Gasteiger partial charge in [-0.25, -0.2) is 9.50 Å². The van der Waals surface area contributed by atoms with Crippen LogP contribution in [0.15, 0.2) is 6.20 Å². The molecule has 2 aromatic heterocycles. The lowest BCUT2D eigenvalue weighted by Gasteiger charge is -2.22. The smallest absolute Gasteiger partial charge is 0.214 e. The Morgan fingerprint density at radius 3 is 2.38 bits per heavy atom. The van der Waals surface area contributed by atoms with E-state index in [1.807, 2.05) is 4.52 Å². The molecule has 0 spiro atoms. The summed E-state index contributed by atoms with van der Waals surface area (Å²) in [5, 5.41) is 5.94. The van der Waals surface area contributed by atoms with E-state index in [0.29, 0.717) is 0 Å². The third-order valence-electron chi connectivity index (χ3n) is 5.05. The molecule has 2 aliphatic rings. The molecular weight excluding hydrogens is 280 g/mol. The topological polar surface area (TPSA) is 33.4 Å². The van der Waals surface area contributed by atoms with E-state index in [9.17, 15) is 0 Å². The first-order chi connectivity index (χ1) is 10.0. The molecule has 0 amide bonds. The second-order valence-electron chi connectivity index (χ2n) is 7.70. The molecule has 21 heavy (non-hydrogen) atoms. The summed E-state index contributed by atoms with van der Waals surface area (Å²) in [5.41, 5.74) is 1.22. The van der Waals surface area contributed by atoms with Crippen LogP contribution in [-0.2, 0) is 5.41 Å². The molecule has 4 rings (SSSR count). The Kier molecular flexibility index (Phi) is 3.03. The van der Waals surface area contributed by atoms with Crippen molar-refractivity contribution in [3.05, 3.63) is 11.9 Å². The van der Waals surface area contributed by atoms with Gasteiger partial charge >= 0.3 is 0 Å². The van der Waals surface area contributed by atoms with Crippen LogP contribution < -0.4 is 4.90 Å². The van der Waals surface area contributed by atoms with Gasteiger partial charge in [0.25, 0.3) is 0 Å². The Bertz CT molecular complexity index is 605. The van der Waals surface area contributed by atoms with Crippen molar-refractivity contribution in [3.63, 3.8) is 0 Å². The number of hydrogen-bond acceptors (Lipinski definition) is 4. The highest BCUT2D eigenvalue weighted by Crippen LogP contribution is 2.39. The maximum Gasteiger partial charge on any atom is 0.214 e. The zero-order valence-electron chi connectivity index (χ0n) is 13.2. The molecule has 1 aliphatic heterocycles. The van der Waals surface area contributed by atoms with Crippen molar-refractivity contribution < 1.29 is 0 Å². The van der Waals surface area contributed by atoms with Gasteiger partial charge in [0.2, 0.25) is 10.1 Å². The van der Waals surface area contributed by atoms with E-state index < -0.39 is 0 Å². The number of hydrogen-bond donors (Lipinski definition) is 0. The Labute approximate surface area is 130 Å². The number of imidazole rings is 1. The van der Waals surface area contributed by atoms with Crippen LogP contribution in [0.4, 0.5) is 5.13 Å². The van der Waals surface area contributed by atoms with E-state index >= 15 is 0 Å². The molecular formula is C16H24N4S. The molecule has 2 fully saturated rings. The Balaban J connectivity index is 1.59. The predicted molar refractivity (Wildman–Crippen MR) is 87.2 cm³/mol. The average molecular weight is 304 g/mol. The number of rotatable bonds is 1. The fourth-order valence-corrected chi connectivity index (χ4v) is 4.64. The molecule has 0 bridgehead atoms. The van der Waals surface area contributed by atoms with Gasteiger partial charge in [-0.2, -0.15) is 0 Å². The molecule has 3 heterocycles. The van der Waals surface area contributed by atoms with Crippen LogP contribution in [0, 0.1) is 11.8 Å². The third kappa shape index (κ3) is 2.35.